The van der Waals surface area contributed by atoms with Crippen molar-refractivity contribution in [1.82, 2.24) is 10.2 Å². The van der Waals surface area contributed by atoms with Gasteiger partial charge in [-0.15, -0.1) is 0 Å². The van der Waals surface area contributed by atoms with Gasteiger partial charge in [0.2, 0.25) is 5.91 Å². The molecule has 2 rings (SSSR count). The maximum Gasteiger partial charge on any atom is 0.251 e. The number of likely N-dealkylation sites (N-methyl/N-ethyl adjacent to an activating group) is 1. The van der Waals surface area contributed by atoms with Gasteiger partial charge >= 0.3 is 0 Å². The Labute approximate surface area is 149 Å². The van der Waals surface area contributed by atoms with Crippen molar-refractivity contribution in [2.45, 2.75) is 24.8 Å². The van der Waals surface area contributed by atoms with Crippen molar-refractivity contribution in [2.24, 2.45) is 0 Å². The van der Waals surface area contributed by atoms with E-state index in [0.717, 1.165) is 25.9 Å². The average Bonchev–Trinajstić information content (AvgIpc) is 2.63. The van der Waals surface area contributed by atoms with Crippen molar-refractivity contribution < 1.29 is 14.7 Å². The molecule has 0 aromatic heterocycles. The predicted octanol–water partition coefficient (Wildman–Crippen LogP) is 1.41. The monoisotopic (exact) mass is 345 g/mol. The molecule has 1 aliphatic heterocycles. The van der Waals surface area contributed by atoms with Crippen LogP contribution in [0.5, 0.6) is 0 Å². The first-order chi connectivity index (χ1) is 11.9. The molecule has 0 bridgehead atoms. The van der Waals surface area contributed by atoms with Crippen LogP contribution in [0.25, 0.3) is 0 Å². The second-order valence-electron chi connectivity index (χ2n) is 6.66. The first kappa shape index (κ1) is 19.1. The number of piperidine rings is 1. The van der Waals surface area contributed by atoms with Gasteiger partial charge in [0, 0.05) is 43.5 Å². The van der Waals surface area contributed by atoms with E-state index >= 15 is 0 Å². The van der Waals surface area contributed by atoms with E-state index in [4.69, 9.17) is 0 Å². The van der Waals surface area contributed by atoms with Crippen LogP contribution in [0.1, 0.15) is 29.6 Å². The van der Waals surface area contributed by atoms with E-state index in [1.54, 1.807) is 31.3 Å². The van der Waals surface area contributed by atoms with Crippen LogP contribution in [0.3, 0.4) is 0 Å². The van der Waals surface area contributed by atoms with E-state index in [1.807, 2.05) is 0 Å². The Bertz CT molecular complexity index is 619. The van der Waals surface area contributed by atoms with E-state index < -0.39 is 0 Å². The molecule has 25 heavy (non-hydrogen) atoms. The van der Waals surface area contributed by atoms with Crippen LogP contribution in [0.2, 0.25) is 0 Å². The molecule has 1 aromatic carbocycles. The summed E-state index contributed by atoms with van der Waals surface area (Å²) in [5.74, 6) is -0.354. The third-order valence-corrected chi connectivity index (χ3v) is 4.94. The lowest BCUT2D eigenvalue weighted by molar-refractivity contribution is -0.113. The lowest BCUT2D eigenvalue weighted by Gasteiger charge is -2.41. The summed E-state index contributed by atoms with van der Waals surface area (Å²) >= 11 is 0. The highest BCUT2D eigenvalue weighted by Crippen LogP contribution is 2.26. The number of nitrogens with zero attached hydrogens (tertiary/aromatic N) is 2. The highest BCUT2D eigenvalue weighted by atomic mass is 16.3. The van der Waals surface area contributed by atoms with Crippen LogP contribution < -0.4 is 10.2 Å². The van der Waals surface area contributed by atoms with E-state index in [1.165, 1.54) is 11.0 Å². The number of carbonyl (C=O) groups excluding carboxylic acids is 2. The van der Waals surface area contributed by atoms with Crippen LogP contribution in [0.15, 0.2) is 36.9 Å². The maximum absolute atomic E-state index is 12.6. The Hall–Kier alpha value is -2.18. The zero-order chi connectivity index (χ0) is 18.4. The molecular weight excluding hydrogens is 318 g/mol. The Balaban J connectivity index is 2.09. The number of benzene rings is 1. The fraction of sp³-hybridized carbons (Fsp3) is 0.474. The van der Waals surface area contributed by atoms with Crippen molar-refractivity contribution in [3.63, 3.8) is 0 Å². The van der Waals surface area contributed by atoms with Crippen molar-refractivity contribution in [3.05, 3.63) is 42.5 Å². The van der Waals surface area contributed by atoms with E-state index in [-0.39, 0.29) is 24.0 Å². The molecule has 0 atom stereocenters. The first-order valence-corrected chi connectivity index (χ1v) is 8.53. The van der Waals surface area contributed by atoms with E-state index in [9.17, 15) is 14.7 Å². The number of nitrogens with one attached hydrogen (secondary N) is 1. The maximum atomic E-state index is 12.6. The number of amides is 2. The third kappa shape index (κ3) is 4.67. The van der Waals surface area contributed by atoms with Crippen molar-refractivity contribution in [2.75, 3.05) is 38.7 Å². The molecule has 2 N–H and O–H groups in total. The summed E-state index contributed by atoms with van der Waals surface area (Å²) in [5, 5.41) is 12.5. The molecule has 1 fully saturated rings. The predicted molar refractivity (Wildman–Crippen MR) is 98.7 cm³/mol. The van der Waals surface area contributed by atoms with Crippen molar-refractivity contribution >= 4 is 17.5 Å². The summed E-state index contributed by atoms with van der Waals surface area (Å²) in [6.45, 7) is 5.32. The Morgan fingerprint density at radius 1 is 1.32 bits per heavy atom. The molecule has 1 saturated heterocycles. The number of anilines is 1. The third-order valence-electron chi connectivity index (χ3n) is 4.94. The molecule has 1 aliphatic rings. The SMILES string of the molecule is C=CC(=O)N(C)c1ccc(C(=O)NC2(CCO)CCN(C)CC2)cc1. The molecule has 0 saturated carbocycles. The van der Waals surface area contributed by atoms with Gasteiger partial charge in [0.25, 0.3) is 5.91 Å². The minimum Gasteiger partial charge on any atom is -0.396 e. The molecule has 0 aliphatic carbocycles. The second kappa shape index (κ2) is 8.27. The largest absolute Gasteiger partial charge is 0.396 e. The number of hydrogen-bond donors (Lipinski definition) is 2. The number of likely N-dealkylation sites (tertiary alicyclic amines) is 1. The number of rotatable bonds is 6. The molecule has 0 spiro atoms. The van der Waals surface area contributed by atoms with Crippen LogP contribution in [0.4, 0.5) is 5.69 Å². The number of aliphatic hydroxyl groups excluding tert-OH is 1. The average molecular weight is 345 g/mol. The van der Waals surface area contributed by atoms with Gasteiger partial charge < -0.3 is 20.2 Å². The van der Waals surface area contributed by atoms with Crippen molar-refractivity contribution in [3.8, 4) is 0 Å². The summed E-state index contributed by atoms with van der Waals surface area (Å²) in [4.78, 5) is 28.0. The van der Waals surface area contributed by atoms with Gasteiger partial charge in [0.05, 0.1) is 0 Å². The Morgan fingerprint density at radius 2 is 1.92 bits per heavy atom. The molecule has 1 aromatic rings. The van der Waals surface area contributed by atoms with E-state index in [0.29, 0.717) is 17.7 Å². The van der Waals surface area contributed by atoms with Gasteiger partial charge in [-0.25, -0.2) is 0 Å². The zero-order valence-corrected chi connectivity index (χ0v) is 15.0. The first-order valence-electron chi connectivity index (χ1n) is 8.53. The van der Waals surface area contributed by atoms with Crippen molar-refractivity contribution in [1.29, 1.82) is 0 Å². The summed E-state index contributed by atoms with van der Waals surface area (Å²) in [6, 6.07) is 6.89. The molecule has 2 amide bonds. The van der Waals surface area contributed by atoms with Gasteiger partial charge in [-0.2, -0.15) is 0 Å². The zero-order valence-electron chi connectivity index (χ0n) is 15.0. The molecule has 0 radical (unpaired) electrons. The summed E-state index contributed by atoms with van der Waals surface area (Å²) in [6.07, 6.45) is 3.45. The molecule has 6 nitrogen and oxygen atoms in total. The smallest absolute Gasteiger partial charge is 0.251 e. The minimum atomic E-state index is -0.355. The highest BCUT2D eigenvalue weighted by molar-refractivity contribution is 6.01. The fourth-order valence-electron chi connectivity index (χ4n) is 3.11. The number of carbonyl (C=O) groups is 2. The van der Waals surface area contributed by atoms with Gasteiger partial charge in [0.15, 0.2) is 0 Å². The molecule has 136 valence electrons. The molecule has 1 heterocycles. The molecular formula is C19H27N3O3. The standard InChI is InChI=1S/C19H27N3O3/c1-4-17(24)22(3)16-7-5-15(6-8-16)18(25)20-19(11-14-23)9-12-21(2)13-10-19/h4-8,23H,1,9-14H2,2-3H3,(H,20,25). The molecule has 0 unspecified atom stereocenters. The van der Waals surface area contributed by atoms with Gasteiger partial charge in [-0.1, -0.05) is 6.58 Å². The normalized spacial score (nSPS) is 16.9. The fourth-order valence-corrected chi connectivity index (χ4v) is 3.11. The second-order valence-corrected chi connectivity index (χ2v) is 6.66. The van der Waals surface area contributed by atoms with Crippen LogP contribution in [-0.2, 0) is 4.79 Å². The van der Waals surface area contributed by atoms with Crippen LogP contribution >= 0.6 is 0 Å². The number of hydrogen-bond acceptors (Lipinski definition) is 4. The lowest BCUT2D eigenvalue weighted by atomic mass is 9.84. The van der Waals surface area contributed by atoms with Crippen LogP contribution in [0, 0.1) is 0 Å². The summed E-state index contributed by atoms with van der Waals surface area (Å²) < 4.78 is 0. The van der Waals surface area contributed by atoms with Gasteiger partial charge in [-0.05, 0) is 56.7 Å². The Kier molecular flexibility index (Phi) is 6.33. The lowest BCUT2D eigenvalue weighted by Crippen LogP contribution is -2.55. The Morgan fingerprint density at radius 3 is 2.44 bits per heavy atom. The van der Waals surface area contributed by atoms with Crippen LogP contribution in [-0.4, -0.2) is 61.2 Å². The minimum absolute atomic E-state index is 0.0530. The molecule has 6 heteroatoms. The number of aliphatic hydroxyl groups is 1. The highest BCUT2D eigenvalue weighted by Gasteiger charge is 2.34. The quantitative estimate of drug-likeness (QED) is 0.765. The summed E-state index contributed by atoms with van der Waals surface area (Å²) in [5.41, 5.74) is 0.886. The van der Waals surface area contributed by atoms with E-state index in [2.05, 4.69) is 23.8 Å². The van der Waals surface area contributed by atoms with Gasteiger partial charge in [-0.3, -0.25) is 9.59 Å². The topological polar surface area (TPSA) is 72.9 Å². The summed E-state index contributed by atoms with van der Waals surface area (Å²) in [7, 11) is 3.72. The van der Waals surface area contributed by atoms with Gasteiger partial charge in [0.1, 0.15) is 0 Å².